The van der Waals surface area contributed by atoms with Gasteiger partial charge in [0.2, 0.25) is 0 Å². The number of halogens is 4. The molecule has 8 bridgehead atoms. The van der Waals surface area contributed by atoms with Crippen LogP contribution >= 0.6 is 46.4 Å². The fourth-order valence-corrected chi connectivity index (χ4v) is 7.88. The van der Waals surface area contributed by atoms with E-state index < -0.39 is 0 Å². The van der Waals surface area contributed by atoms with Crippen LogP contribution in [0.4, 0.5) is 0 Å². The minimum absolute atomic E-state index is 0. The normalized spacial score (nSPS) is 11.8. The maximum Gasteiger partial charge on any atom is 0.0737 e. The SMILES string of the molecule is Clc1ccccc1-c1c(-c2ccccc2Cl)c2c(-c3ccccc3Cl)c3nc(cc4ccc(cc5nc(cc1n2-c1ccccc1Cl)C=C5)[nH]4)C=C3.[Mn]. The van der Waals surface area contributed by atoms with Crippen molar-refractivity contribution in [2.24, 2.45) is 0 Å². The molecule has 5 heterocycles. The predicted molar refractivity (Wildman–Crippen MR) is 220 cm³/mol. The average Bonchev–Trinajstić information content (AvgIpc) is 3.95. The molecule has 4 aromatic carbocycles. The predicted octanol–water partition coefficient (Wildman–Crippen LogP) is 13.7. The van der Waals surface area contributed by atoms with Crippen LogP contribution in [-0.2, 0) is 17.1 Å². The Hall–Kier alpha value is -4.84. The van der Waals surface area contributed by atoms with Crippen molar-refractivity contribution in [3.05, 3.63) is 170 Å². The van der Waals surface area contributed by atoms with Gasteiger partial charge in [-0.2, -0.15) is 0 Å². The van der Waals surface area contributed by atoms with Crippen molar-refractivity contribution >= 4 is 92.8 Å². The number of rotatable bonds is 4. The molecule has 9 heteroatoms. The summed E-state index contributed by atoms with van der Waals surface area (Å²) >= 11 is 28.7. The molecule has 0 aliphatic carbocycles. The molecule has 0 fully saturated rings. The molecule has 3 aromatic heterocycles. The molecule has 4 nitrogen and oxygen atoms in total. The van der Waals surface area contributed by atoms with E-state index in [1.54, 1.807) is 0 Å². The second-order valence-corrected chi connectivity index (χ2v) is 14.1. The van der Waals surface area contributed by atoms with Crippen LogP contribution in [0.25, 0.3) is 85.4 Å². The first-order valence-corrected chi connectivity index (χ1v) is 18.1. The van der Waals surface area contributed by atoms with Crippen LogP contribution in [-0.4, -0.2) is 19.5 Å². The Morgan fingerprint density at radius 2 is 0.925 bits per heavy atom. The molecule has 1 radical (unpaired) electrons. The van der Waals surface area contributed by atoms with Gasteiger partial charge in [-0.05, 0) is 85.0 Å². The van der Waals surface area contributed by atoms with Crippen LogP contribution in [0.1, 0.15) is 22.8 Å². The molecule has 53 heavy (non-hydrogen) atoms. The largest absolute Gasteiger partial charge is 0.355 e. The zero-order chi connectivity index (χ0) is 35.3. The standard InChI is InChI=1S/C44H26Cl4N4.Mn/c45-34-12-4-1-9-31(34)41-38-22-21-29(51-38)24-28-18-17-26(49-28)23-27-19-20-30(50-27)25-40-42(32-10-2-5-13-35(32)46)43(33-11-3-6-14-36(33)47)44(41)52(40)39-16-8-7-15-37(39)48;/h1-25,49H;. The number of H-pyrrole nitrogens is 1. The second kappa shape index (κ2) is 14.5. The summed E-state index contributed by atoms with van der Waals surface area (Å²) < 4.78 is 2.18. The Balaban J connectivity index is 0.00000400. The number of benzene rings is 4. The van der Waals surface area contributed by atoms with E-state index >= 15 is 0 Å². The van der Waals surface area contributed by atoms with Gasteiger partial charge in [0.25, 0.3) is 0 Å². The van der Waals surface area contributed by atoms with Crippen LogP contribution in [0, 0.1) is 0 Å². The molecular weight excluding hydrogens is 781 g/mol. The third kappa shape index (κ3) is 6.44. The van der Waals surface area contributed by atoms with E-state index in [0.29, 0.717) is 20.1 Å². The minimum Gasteiger partial charge on any atom is -0.355 e. The number of nitrogens with one attached hydrogen (secondary N) is 1. The van der Waals surface area contributed by atoms with Gasteiger partial charge < -0.3 is 9.55 Å². The van der Waals surface area contributed by atoms with Gasteiger partial charge in [0, 0.05) is 76.6 Å². The monoisotopic (exact) mass is 805 g/mol. The van der Waals surface area contributed by atoms with E-state index in [2.05, 4.69) is 15.6 Å². The number of fused-ring (bicyclic) bond motifs is 8. The summed E-state index contributed by atoms with van der Waals surface area (Å²) in [6, 6.07) is 41.5. The van der Waals surface area contributed by atoms with Gasteiger partial charge in [-0.25, -0.2) is 9.97 Å². The molecule has 2 aliphatic rings. The third-order valence-corrected chi connectivity index (χ3v) is 10.5. The molecular formula is C44H26Cl4MnN4. The summed E-state index contributed by atoms with van der Waals surface area (Å²) in [6.07, 6.45) is 8.06. The summed E-state index contributed by atoms with van der Waals surface area (Å²) in [5.41, 5.74) is 12.1. The number of aromatic nitrogens is 4. The zero-order valence-electron chi connectivity index (χ0n) is 27.7. The molecule has 0 amide bonds. The van der Waals surface area contributed by atoms with Crippen LogP contribution in [0.15, 0.2) is 127 Å². The fourth-order valence-electron chi connectivity index (χ4n) is 6.97. The first kappa shape index (κ1) is 35.2. The van der Waals surface area contributed by atoms with Gasteiger partial charge in [-0.15, -0.1) is 0 Å². The molecule has 9 rings (SSSR count). The first-order valence-electron chi connectivity index (χ1n) is 16.6. The van der Waals surface area contributed by atoms with Gasteiger partial charge in [0.15, 0.2) is 0 Å². The van der Waals surface area contributed by atoms with Crippen molar-refractivity contribution in [2.75, 3.05) is 0 Å². The summed E-state index contributed by atoms with van der Waals surface area (Å²) in [4.78, 5) is 13.8. The summed E-state index contributed by atoms with van der Waals surface area (Å²) in [5.74, 6) is 0. The van der Waals surface area contributed by atoms with Gasteiger partial charge in [-0.3, -0.25) is 0 Å². The average molecular weight is 807 g/mol. The van der Waals surface area contributed by atoms with Crippen molar-refractivity contribution in [1.29, 1.82) is 0 Å². The number of aromatic amines is 1. The maximum absolute atomic E-state index is 7.20. The Morgan fingerprint density at radius 1 is 0.453 bits per heavy atom. The first-order chi connectivity index (χ1) is 25.4. The Kier molecular flexibility index (Phi) is 9.65. The van der Waals surface area contributed by atoms with Gasteiger partial charge in [0.05, 0.1) is 44.5 Å². The number of hydrogen-bond acceptors (Lipinski definition) is 2. The van der Waals surface area contributed by atoms with E-state index in [1.807, 2.05) is 146 Å². The molecule has 0 unspecified atom stereocenters. The van der Waals surface area contributed by atoms with Crippen molar-refractivity contribution in [3.8, 4) is 39.1 Å². The van der Waals surface area contributed by atoms with Gasteiger partial charge in [-0.1, -0.05) is 113 Å². The Morgan fingerprint density at radius 3 is 1.51 bits per heavy atom. The van der Waals surface area contributed by atoms with E-state index in [0.717, 1.165) is 83.9 Å². The summed E-state index contributed by atoms with van der Waals surface area (Å²) in [7, 11) is 0. The Labute approximate surface area is 336 Å². The number of nitrogens with zero attached hydrogens (tertiary/aromatic N) is 3. The molecule has 0 saturated heterocycles. The van der Waals surface area contributed by atoms with E-state index in [-0.39, 0.29) is 17.1 Å². The van der Waals surface area contributed by atoms with Crippen molar-refractivity contribution in [1.82, 2.24) is 19.5 Å². The van der Waals surface area contributed by atoms with E-state index in [4.69, 9.17) is 56.4 Å². The third-order valence-electron chi connectivity index (χ3n) is 9.19. The summed E-state index contributed by atoms with van der Waals surface area (Å²) in [6.45, 7) is 0. The molecule has 7 aromatic rings. The number of hydrogen-bond donors (Lipinski definition) is 1. The second-order valence-electron chi connectivity index (χ2n) is 12.4. The zero-order valence-corrected chi connectivity index (χ0v) is 31.9. The molecule has 0 saturated carbocycles. The Bertz CT molecular complexity index is 2820. The molecule has 257 valence electrons. The topological polar surface area (TPSA) is 46.5 Å². The summed E-state index contributed by atoms with van der Waals surface area (Å²) in [5, 5.41) is 2.26. The quantitative estimate of drug-likeness (QED) is 0.180. The van der Waals surface area contributed by atoms with Crippen molar-refractivity contribution < 1.29 is 17.1 Å². The van der Waals surface area contributed by atoms with Gasteiger partial charge >= 0.3 is 0 Å². The smallest absolute Gasteiger partial charge is 0.0737 e. The molecule has 1 N–H and O–H groups in total. The molecule has 0 spiro atoms. The van der Waals surface area contributed by atoms with E-state index in [1.165, 1.54) is 0 Å². The van der Waals surface area contributed by atoms with Crippen LogP contribution in [0.5, 0.6) is 0 Å². The van der Waals surface area contributed by atoms with Gasteiger partial charge in [0.1, 0.15) is 0 Å². The molecule has 2 aliphatic heterocycles. The van der Waals surface area contributed by atoms with Crippen LogP contribution in [0.3, 0.4) is 0 Å². The molecule has 0 atom stereocenters. The van der Waals surface area contributed by atoms with Crippen molar-refractivity contribution in [2.45, 2.75) is 0 Å². The number of para-hydroxylation sites is 1. The maximum atomic E-state index is 7.20. The van der Waals surface area contributed by atoms with Crippen LogP contribution in [0.2, 0.25) is 20.1 Å². The fraction of sp³-hybridized carbons (Fsp3) is 0. The van der Waals surface area contributed by atoms with Crippen molar-refractivity contribution in [3.63, 3.8) is 0 Å². The minimum atomic E-state index is 0. The van der Waals surface area contributed by atoms with Crippen LogP contribution < -0.4 is 0 Å². The van der Waals surface area contributed by atoms with E-state index in [9.17, 15) is 0 Å².